The molecule has 23 heavy (non-hydrogen) atoms. The van der Waals surface area contributed by atoms with Crippen molar-refractivity contribution in [2.45, 2.75) is 19.3 Å². The Kier molecular flexibility index (Phi) is 3.54. The van der Waals surface area contributed by atoms with Crippen LogP contribution < -0.4 is 5.32 Å². The summed E-state index contributed by atoms with van der Waals surface area (Å²) in [6.07, 6.45) is 2.72. The van der Waals surface area contributed by atoms with Crippen LogP contribution in [-0.2, 0) is 9.59 Å². The predicted molar refractivity (Wildman–Crippen MR) is 88.7 cm³/mol. The Morgan fingerprint density at radius 2 is 2.00 bits per heavy atom. The number of aliphatic carboxylic acids is 1. The molecule has 0 aliphatic heterocycles. The van der Waals surface area contributed by atoms with Gasteiger partial charge in [0.2, 0.25) is 5.91 Å². The number of nitrogens with zero attached hydrogens (tertiary/aromatic N) is 1. The van der Waals surface area contributed by atoms with Crippen molar-refractivity contribution in [3.8, 4) is 0 Å². The third-order valence-corrected chi connectivity index (χ3v) is 6.25. The third-order valence-electron chi connectivity index (χ3n) is 5.08. The number of carboxylic acid groups (broad SMARTS) is 1. The molecule has 2 saturated carbocycles. The SMILES string of the molecule is O=C(Nc1nc2ccc(Cl)cc2s1)[C@@H]1[C@@H]2CC[C@@H](C2)[C@@H]1C(=O)O. The lowest BCUT2D eigenvalue weighted by Gasteiger charge is -2.26. The van der Waals surface area contributed by atoms with E-state index < -0.39 is 17.8 Å². The second-order valence-corrected chi connectivity index (χ2v) is 7.81. The quantitative estimate of drug-likeness (QED) is 0.885. The van der Waals surface area contributed by atoms with Gasteiger partial charge in [-0.15, -0.1) is 0 Å². The molecule has 2 fully saturated rings. The molecular formula is C16H15ClN2O3S. The molecule has 1 amide bonds. The van der Waals surface area contributed by atoms with Crippen LogP contribution in [0, 0.1) is 23.7 Å². The molecule has 0 saturated heterocycles. The number of hydrogen-bond donors (Lipinski definition) is 2. The van der Waals surface area contributed by atoms with Crippen molar-refractivity contribution in [3.05, 3.63) is 23.2 Å². The summed E-state index contributed by atoms with van der Waals surface area (Å²) in [4.78, 5) is 28.5. The number of carbonyl (C=O) groups excluding carboxylic acids is 1. The smallest absolute Gasteiger partial charge is 0.307 e. The molecule has 4 rings (SSSR count). The van der Waals surface area contributed by atoms with Gasteiger partial charge in [-0.2, -0.15) is 0 Å². The number of carbonyl (C=O) groups is 2. The molecule has 2 N–H and O–H groups in total. The molecule has 0 spiro atoms. The summed E-state index contributed by atoms with van der Waals surface area (Å²) in [6.45, 7) is 0. The van der Waals surface area contributed by atoms with Crippen LogP contribution >= 0.6 is 22.9 Å². The minimum atomic E-state index is -0.853. The Bertz CT molecular complexity index is 806. The van der Waals surface area contributed by atoms with Crippen LogP contribution in [0.15, 0.2) is 18.2 Å². The van der Waals surface area contributed by atoms with Gasteiger partial charge < -0.3 is 10.4 Å². The van der Waals surface area contributed by atoms with Crippen molar-refractivity contribution in [1.29, 1.82) is 0 Å². The van der Waals surface area contributed by atoms with Crippen molar-refractivity contribution in [2.75, 3.05) is 5.32 Å². The maximum absolute atomic E-state index is 12.6. The van der Waals surface area contributed by atoms with E-state index in [1.54, 1.807) is 12.1 Å². The number of nitrogens with one attached hydrogen (secondary N) is 1. The van der Waals surface area contributed by atoms with Gasteiger partial charge >= 0.3 is 5.97 Å². The number of fused-ring (bicyclic) bond motifs is 3. The average Bonchev–Trinajstić information content (AvgIpc) is 3.18. The fraction of sp³-hybridized carbons (Fsp3) is 0.438. The van der Waals surface area contributed by atoms with E-state index in [0.717, 1.165) is 29.5 Å². The first kappa shape index (κ1) is 14.9. The molecule has 120 valence electrons. The van der Waals surface area contributed by atoms with Crippen LogP contribution in [0.2, 0.25) is 5.02 Å². The van der Waals surface area contributed by atoms with Crippen molar-refractivity contribution in [1.82, 2.24) is 4.98 Å². The van der Waals surface area contributed by atoms with E-state index in [9.17, 15) is 14.7 Å². The fourth-order valence-corrected chi connectivity index (χ4v) is 5.31. The van der Waals surface area contributed by atoms with Crippen molar-refractivity contribution < 1.29 is 14.7 Å². The van der Waals surface area contributed by atoms with Gasteiger partial charge in [0.05, 0.1) is 22.1 Å². The van der Waals surface area contributed by atoms with Crippen LogP contribution in [-0.4, -0.2) is 22.0 Å². The highest BCUT2D eigenvalue weighted by molar-refractivity contribution is 7.22. The van der Waals surface area contributed by atoms with Gasteiger partial charge in [-0.25, -0.2) is 4.98 Å². The number of halogens is 1. The lowest BCUT2D eigenvalue weighted by molar-refractivity contribution is -0.148. The molecular weight excluding hydrogens is 336 g/mol. The van der Waals surface area contributed by atoms with E-state index in [0.29, 0.717) is 10.2 Å². The Labute approximate surface area is 141 Å². The number of carboxylic acids is 1. The van der Waals surface area contributed by atoms with Crippen LogP contribution in [0.25, 0.3) is 10.2 Å². The monoisotopic (exact) mass is 350 g/mol. The zero-order chi connectivity index (χ0) is 16.1. The Morgan fingerprint density at radius 1 is 1.26 bits per heavy atom. The molecule has 4 atom stereocenters. The maximum Gasteiger partial charge on any atom is 0.307 e. The second kappa shape index (κ2) is 5.46. The maximum atomic E-state index is 12.6. The van der Waals surface area contributed by atoms with E-state index in [4.69, 9.17) is 11.6 Å². The summed E-state index contributed by atoms with van der Waals surface area (Å²) in [5.41, 5.74) is 0.775. The number of anilines is 1. The summed E-state index contributed by atoms with van der Waals surface area (Å²) >= 11 is 7.31. The zero-order valence-electron chi connectivity index (χ0n) is 12.2. The number of thiazole rings is 1. The minimum absolute atomic E-state index is 0.141. The van der Waals surface area contributed by atoms with Gasteiger partial charge in [-0.1, -0.05) is 22.9 Å². The topological polar surface area (TPSA) is 79.3 Å². The first-order valence-electron chi connectivity index (χ1n) is 7.62. The Morgan fingerprint density at radius 3 is 2.74 bits per heavy atom. The van der Waals surface area contributed by atoms with Crippen molar-refractivity contribution in [3.63, 3.8) is 0 Å². The van der Waals surface area contributed by atoms with Gasteiger partial charge in [0.25, 0.3) is 0 Å². The molecule has 7 heteroatoms. The van der Waals surface area contributed by atoms with Crippen molar-refractivity contribution >= 4 is 50.2 Å². The largest absolute Gasteiger partial charge is 0.481 e. The number of aromatic nitrogens is 1. The lowest BCUT2D eigenvalue weighted by Crippen LogP contribution is -2.37. The van der Waals surface area contributed by atoms with Crippen molar-refractivity contribution in [2.24, 2.45) is 23.7 Å². The molecule has 1 heterocycles. The average molecular weight is 351 g/mol. The zero-order valence-corrected chi connectivity index (χ0v) is 13.7. The van der Waals surface area contributed by atoms with Gasteiger partial charge in [-0.05, 0) is 49.3 Å². The van der Waals surface area contributed by atoms with Gasteiger partial charge in [-0.3, -0.25) is 9.59 Å². The van der Waals surface area contributed by atoms with Crippen LogP contribution in [0.4, 0.5) is 5.13 Å². The van der Waals surface area contributed by atoms with E-state index >= 15 is 0 Å². The first-order chi connectivity index (χ1) is 11.0. The third kappa shape index (κ3) is 2.50. The second-order valence-electron chi connectivity index (χ2n) is 6.34. The predicted octanol–water partition coefficient (Wildman–Crippen LogP) is 3.64. The van der Waals surface area contributed by atoms with Gasteiger partial charge in [0.1, 0.15) is 0 Å². The molecule has 2 aliphatic rings. The number of hydrogen-bond acceptors (Lipinski definition) is 4. The molecule has 5 nitrogen and oxygen atoms in total. The fourth-order valence-electron chi connectivity index (χ4n) is 4.16. The van der Waals surface area contributed by atoms with Gasteiger partial charge in [0.15, 0.2) is 5.13 Å². The van der Waals surface area contributed by atoms with E-state index in [1.807, 2.05) is 6.07 Å². The number of rotatable bonds is 3. The van der Waals surface area contributed by atoms with E-state index in [2.05, 4.69) is 10.3 Å². The molecule has 1 aromatic heterocycles. The minimum Gasteiger partial charge on any atom is -0.481 e. The lowest BCUT2D eigenvalue weighted by atomic mass is 9.79. The Hall–Kier alpha value is -1.66. The number of amides is 1. The molecule has 2 bridgehead atoms. The summed E-state index contributed by atoms with van der Waals surface area (Å²) in [5.74, 6) is -1.74. The summed E-state index contributed by atoms with van der Waals surface area (Å²) in [6, 6.07) is 5.37. The summed E-state index contributed by atoms with van der Waals surface area (Å²) in [5, 5.41) is 13.4. The van der Waals surface area contributed by atoms with Gasteiger partial charge in [0, 0.05) is 5.02 Å². The highest BCUT2D eigenvalue weighted by Gasteiger charge is 2.54. The summed E-state index contributed by atoms with van der Waals surface area (Å²) in [7, 11) is 0. The van der Waals surface area contributed by atoms with Crippen LogP contribution in [0.5, 0.6) is 0 Å². The normalized spacial score (nSPS) is 29.1. The molecule has 2 aromatic rings. The standard InChI is InChI=1S/C16H15ClN2O3S/c17-9-3-4-10-11(6-9)23-16(18-10)19-14(20)12-7-1-2-8(5-7)13(12)15(21)22/h3-4,6-8,12-13H,1-2,5H2,(H,21,22)(H,18,19,20)/t7-,8+,12-,13+/m1/s1. The highest BCUT2D eigenvalue weighted by Crippen LogP contribution is 2.52. The molecule has 2 aliphatic carbocycles. The summed E-state index contributed by atoms with van der Waals surface area (Å²) < 4.78 is 0.899. The van der Waals surface area contributed by atoms with Crippen LogP contribution in [0.3, 0.4) is 0 Å². The Balaban J connectivity index is 1.57. The molecule has 1 aromatic carbocycles. The van der Waals surface area contributed by atoms with E-state index in [-0.39, 0.29) is 17.7 Å². The van der Waals surface area contributed by atoms with Crippen LogP contribution in [0.1, 0.15) is 19.3 Å². The highest BCUT2D eigenvalue weighted by atomic mass is 35.5. The number of benzene rings is 1. The molecule has 0 unspecified atom stereocenters. The van der Waals surface area contributed by atoms with E-state index in [1.165, 1.54) is 11.3 Å². The first-order valence-corrected chi connectivity index (χ1v) is 8.82. The molecule has 0 radical (unpaired) electrons.